The topological polar surface area (TPSA) is 56.3 Å². The summed E-state index contributed by atoms with van der Waals surface area (Å²) in [6, 6.07) is 6.74. The lowest BCUT2D eigenvalue weighted by molar-refractivity contribution is 0.239. The van der Waals surface area contributed by atoms with Crippen LogP contribution >= 0.6 is 11.3 Å². The van der Waals surface area contributed by atoms with Crippen LogP contribution in [0.1, 0.15) is 27.6 Å². The van der Waals surface area contributed by atoms with Crippen LogP contribution in [0.4, 0.5) is 0 Å². The summed E-state index contributed by atoms with van der Waals surface area (Å²) in [7, 11) is -3.67. The van der Waals surface area contributed by atoms with Gasteiger partial charge in [0.05, 0.1) is 22.2 Å². The number of hydrogen-bond donors (Lipinski definition) is 0. The Labute approximate surface area is 135 Å². The summed E-state index contributed by atoms with van der Waals surface area (Å²) in [4.78, 5) is 6.09. The molecule has 0 saturated heterocycles. The van der Waals surface area contributed by atoms with E-state index in [0.717, 1.165) is 35.5 Å². The van der Waals surface area contributed by atoms with Crippen molar-refractivity contribution in [1.29, 1.82) is 0 Å². The molecule has 2 aromatic rings. The Kier molecular flexibility index (Phi) is 4.34. The summed E-state index contributed by atoms with van der Waals surface area (Å²) < 4.78 is 29.7. The number of thiazole rings is 1. The third-order valence-electron chi connectivity index (χ3n) is 3.92. The van der Waals surface area contributed by atoms with Gasteiger partial charge in [-0.25, -0.2) is 4.98 Å². The quantitative estimate of drug-likeness (QED) is 0.804. The number of rotatable bonds is 4. The second-order valence-corrected chi connectivity index (χ2v) is 8.67. The molecular formula is C16H19NO3S2. The van der Waals surface area contributed by atoms with Gasteiger partial charge in [0.15, 0.2) is 0 Å². The lowest BCUT2D eigenvalue weighted by Crippen LogP contribution is -2.21. The number of nitrogens with zero attached hydrogens (tertiary/aromatic N) is 1. The molecule has 3 rings (SSSR count). The number of hydrogen-bond acceptors (Lipinski definition) is 5. The fraction of sp³-hybridized carbons (Fsp3) is 0.438. The fourth-order valence-corrected chi connectivity index (χ4v) is 4.64. The molecule has 0 N–H and O–H groups in total. The molecule has 1 unspecified atom stereocenters. The van der Waals surface area contributed by atoms with Crippen molar-refractivity contribution in [1.82, 2.24) is 4.98 Å². The minimum atomic E-state index is -3.67. The first-order chi connectivity index (χ1) is 10.4. The molecule has 0 saturated carbocycles. The molecule has 118 valence electrons. The van der Waals surface area contributed by atoms with E-state index < -0.39 is 10.1 Å². The van der Waals surface area contributed by atoms with Crippen LogP contribution in [0.3, 0.4) is 0 Å². The highest BCUT2D eigenvalue weighted by Gasteiger charge is 2.24. The van der Waals surface area contributed by atoms with Crippen molar-refractivity contribution >= 4 is 21.5 Å². The van der Waals surface area contributed by atoms with Crippen LogP contribution in [0, 0.1) is 19.8 Å². The minimum absolute atomic E-state index is 0.217. The van der Waals surface area contributed by atoms with E-state index in [2.05, 4.69) is 4.98 Å². The average Bonchev–Trinajstić information content (AvgIpc) is 2.85. The summed E-state index contributed by atoms with van der Waals surface area (Å²) in [5.74, 6) is 0.217. The SMILES string of the molecule is Cc1ccc(S(=O)(=O)OCC2CCc3sc(C)nc3C2)cc1. The van der Waals surface area contributed by atoms with E-state index in [4.69, 9.17) is 4.18 Å². The van der Waals surface area contributed by atoms with Crippen LogP contribution in [0.5, 0.6) is 0 Å². The molecule has 0 fully saturated rings. The van der Waals surface area contributed by atoms with Crippen molar-refractivity contribution < 1.29 is 12.6 Å². The predicted octanol–water partition coefficient (Wildman–Crippen LogP) is 3.27. The second-order valence-electron chi connectivity index (χ2n) is 5.76. The molecule has 0 bridgehead atoms. The lowest BCUT2D eigenvalue weighted by atomic mass is 9.92. The number of benzene rings is 1. The normalized spacial score (nSPS) is 18.2. The number of fused-ring (bicyclic) bond motifs is 1. The molecular weight excluding hydrogens is 318 g/mol. The molecule has 22 heavy (non-hydrogen) atoms. The van der Waals surface area contributed by atoms with Gasteiger partial charge in [0.1, 0.15) is 0 Å². The molecule has 1 atom stereocenters. The van der Waals surface area contributed by atoms with E-state index in [0.29, 0.717) is 0 Å². The van der Waals surface area contributed by atoms with E-state index >= 15 is 0 Å². The molecule has 0 radical (unpaired) electrons. The Bertz CT molecular complexity index is 763. The van der Waals surface area contributed by atoms with Gasteiger partial charge in [-0.3, -0.25) is 4.18 Å². The van der Waals surface area contributed by atoms with E-state index in [1.54, 1.807) is 35.6 Å². The maximum atomic E-state index is 12.2. The summed E-state index contributed by atoms with van der Waals surface area (Å²) in [6.07, 6.45) is 2.74. The predicted molar refractivity (Wildman–Crippen MR) is 86.7 cm³/mol. The minimum Gasteiger partial charge on any atom is -0.266 e. The van der Waals surface area contributed by atoms with Gasteiger partial charge in [0.2, 0.25) is 0 Å². The first-order valence-electron chi connectivity index (χ1n) is 7.35. The molecule has 1 aromatic heterocycles. The Morgan fingerprint density at radius 2 is 2.00 bits per heavy atom. The molecule has 1 aliphatic rings. The Morgan fingerprint density at radius 1 is 1.27 bits per heavy atom. The zero-order valence-corrected chi connectivity index (χ0v) is 14.3. The van der Waals surface area contributed by atoms with Crippen LogP contribution in [-0.2, 0) is 27.1 Å². The molecule has 4 nitrogen and oxygen atoms in total. The van der Waals surface area contributed by atoms with E-state index in [9.17, 15) is 8.42 Å². The largest absolute Gasteiger partial charge is 0.296 e. The highest BCUT2D eigenvalue weighted by Crippen LogP contribution is 2.30. The molecule has 6 heteroatoms. The van der Waals surface area contributed by atoms with Crippen LogP contribution in [0.25, 0.3) is 0 Å². The van der Waals surface area contributed by atoms with Crippen molar-refractivity contribution in [2.45, 2.75) is 38.0 Å². The molecule has 1 heterocycles. The van der Waals surface area contributed by atoms with Crippen molar-refractivity contribution in [3.8, 4) is 0 Å². The summed E-state index contributed by atoms with van der Waals surface area (Å²) >= 11 is 1.74. The van der Waals surface area contributed by atoms with Crippen LogP contribution in [0.2, 0.25) is 0 Å². The van der Waals surface area contributed by atoms with Crippen molar-refractivity contribution in [2.75, 3.05) is 6.61 Å². The van der Waals surface area contributed by atoms with Crippen LogP contribution in [-0.4, -0.2) is 20.0 Å². The Balaban J connectivity index is 1.64. The highest BCUT2D eigenvalue weighted by molar-refractivity contribution is 7.86. The zero-order valence-electron chi connectivity index (χ0n) is 12.7. The smallest absolute Gasteiger partial charge is 0.266 e. The number of aryl methyl sites for hydroxylation is 3. The number of aromatic nitrogens is 1. The van der Waals surface area contributed by atoms with Crippen LogP contribution in [0.15, 0.2) is 29.2 Å². The fourth-order valence-electron chi connectivity index (χ4n) is 2.68. The van der Waals surface area contributed by atoms with Crippen molar-refractivity contribution in [2.24, 2.45) is 5.92 Å². The van der Waals surface area contributed by atoms with Crippen LogP contribution < -0.4 is 0 Å². The lowest BCUT2D eigenvalue weighted by Gasteiger charge is -2.20. The standard InChI is InChI=1S/C16H19NO3S2/c1-11-3-6-14(7-4-11)22(18,19)20-10-13-5-8-16-15(9-13)17-12(2)21-16/h3-4,6-7,13H,5,8-10H2,1-2H3. The first kappa shape index (κ1) is 15.6. The first-order valence-corrected chi connectivity index (χ1v) is 9.58. The van der Waals surface area contributed by atoms with Crippen molar-refractivity contribution in [3.63, 3.8) is 0 Å². The van der Waals surface area contributed by atoms with E-state index in [1.807, 2.05) is 13.8 Å². The van der Waals surface area contributed by atoms with Crippen molar-refractivity contribution in [3.05, 3.63) is 45.4 Å². The molecule has 1 aromatic carbocycles. The second kappa shape index (κ2) is 6.10. The maximum Gasteiger partial charge on any atom is 0.296 e. The third-order valence-corrected chi connectivity index (χ3v) is 6.28. The Morgan fingerprint density at radius 3 is 2.73 bits per heavy atom. The summed E-state index contributed by atoms with van der Waals surface area (Å²) in [6.45, 7) is 4.16. The summed E-state index contributed by atoms with van der Waals surface area (Å²) in [5.41, 5.74) is 2.15. The monoisotopic (exact) mass is 337 g/mol. The molecule has 0 amide bonds. The van der Waals surface area contributed by atoms with Gasteiger partial charge in [0.25, 0.3) is 10.1 Å². The molecule has 1 aliphatic carbocycles. The highest BCUT2D eigenvalue weighted by atomic mass is 32.2. The third kappa shape index (κ3) is 3.39. The van der Waals surface area contributed by atoms with E-state index in [1.165, 1.54) is 4.88 Å². The maximum absolute atomic E-state index is 12.2. The Hall–Kier alpha value is -1.24. The molecule has 0 aliphatic heterocycles. The van der Waals surface area contributed by atoms with Gasteiger partial charge in [-0.2, -0.15) is 8.42 Å². The average molecular weight is 337 g/mol. The van der Waals surface area contributed by atoms with Gasteiger partial charge in [0, 0.05) is 4.88 Å². The van der Waals surface area contributed by atoms with Gasteiger partial charge < -0.3 is 0 Å². The van der Waals surface area contributed by atoms with Gasteiger partial charge in [-0.15, -0.1) is 11.3 Å². The zero-order chi connectivity index (χ0) is 15.7. The summed E-state index contributed by atoms with van der Waals surface area (Å²) in [5, 5.41) is 1.08. The van der Waals surface area contributed by atoms with Gasteiger partial charge >= 0.3 is 0 Å². The molecule has 0 spiro atoms. The van der Waals surface area contributed by atoms with Gasteiger partial charge in [-0.1, -0.05) is 17.7 Å². The van der Waals surface area contributed by atoms with Gasteiger partial charge in [-0.05, 0) is 51.2 Å². The van der Waals surface area contributed by atoms with E-state index in [-0.39, 0.29) is 17.4 Å².